The van der Waals surface area contributed by atoms with Crippen molar-refractivity contribution in [2.75, 3.05) is 9.80 Å². The van der Waals surface area contributed by atoms with Gasteiger partial charge in [-0.2, -0.15) is 21.0 Å². The molecule has 3 aromatic heterocycles. The lowest BCUT2D eigenvalue weighted by atomic mass is 9.65. The highest BCUT2D eigenvalue weighted by Crippen LogP contribution is 2.64. The number of para-hydroxylation sites is 5. The predicted octanol–water partition coefficient (Wildman–Crippen LogP) is 20.0. The maximum absolute atomic E-state index is 10.4. The van der Waals surface area contributed by atoms with Gasteiger partial charge in [0.05, 0.1) is 67.9 Å². The van der Waals surface area contributed by atoms with Crippen molar-refractivity contribution < 1.29 is 8.83 Å². The molecule has 0 fully saturated rings. The molecule has 0 atom stereocenters. The van der Waals surface area contributed by atoms with Crippen LogP contribution in [0, 0.1) is 45.3 Å². The smallest absolute Gasteiger partial charge is 0.159 e. The fourth-order valence-corrected chi connectivity index (χ4v) is 14.9. The van der Waals surface area contributed by atoms with E-state index in [0.717, 1.165) is 105 Å². The highest BCUT2D eigenvalue weighted by molar-refractivity contribution is 6.20. The molecule has 404 valence electrons. The normalized spacial score (nSPS) is 12.6. The summed E-state index contributed by atoms with van der Waals surface area (Å²) >= 11 is 0. The van der Waals surface area contributed by atoms with Crippen molar-refractivity contribution in [3.8, 4) is 41.1 Å². The van der Waals surface area contributed by atoms with Gasteiger partial charge in [-0.15, -0.1) is 0 Å². The van der Waals surface area contributed by atoms with E-state index in [-0.39, 0.29) is 0 Å². The number of benzene rings is 13. The van der Waals surface area contributed by atoms with Gasteiger partial charge in [0.15, 0.2) is 22.3 Å². The molecule has 1 aliphatic heterocycles. The van der Waals surface area contributed by atoms with Crippen LogP contribution in [0.1, 0.15) is 44.5 Å². The molecule has 0 amide bonds. The zero-order valence-electron chi connectivity index (χ0n) is 46.6. The summed E-state index contributed by atoms with van der Waals surface area (Å²) in [5, 5.41) is 51.1. The molecule has 9 heteroatoms. The lowest BCUT2D eigenvalue weighted by molar-refractivity contribution is 0.667. The van der Waals surface area contributed by atoms with Gasteiger partial charge >= 0.3 is 0 Å². The molecule has 2 aliphatic rings. The fraction of sp³-hybridized carbons (Fsp3) is 0.0127. The number of fused-ring (bicyclic) bond motifs is 22. The van der Waals surface area contributed by atoms with E-state index in [1.54, 1.807) is 12.1 Å². The van der Waals surface area contributed by atoms with Gasteiger partial charge < -0.3 is 23.2 Å². The minimum atomic E-state index is -0.895. The number of furan rings is 2. The van der Waals surface area contributed by atoms with Gasteiger partial charge in [0.25, 0.3) is 0 Å². The summed E-state index contributed by atoms with van der Waals surface area (Å²) in [4.78, 5) is 4.42. The van der Waals surface area contributed by atoms with Crippen LogP contribution in [0.2, 0.25) is 0 Å². The standard InChI is InChI=1S/C79H41N7O2/c80-42-46-25-31-52(32-26-46)84(70-23-9-19-60-58-17-7-13-50(44-82)75(58)87-77(60)70)54-35-38-68-62(39-54)63-40-55(85(53-33-27-47(43-81)28-34-53)71-24-10-20-61-59-18-8-14-51(45-83)76(59)88-78(61)71)41-67-74(63)86(68)69-22-6-5-21-64(69)79(67)65-36-29-48-11-1-3-15-56(48)72(65)73-57-16-4-2-12-49(57)30-37-66(73)79/h1-41H. The van der Waals surface area contributed by atoms with Gasteiger partial charge in [-0.3, -0.25) is 0 Å². The summed E-state index contributed by atoms with van der Waals surface area (Å²) in [5.74, 6) is 0. The molecule has 0 N–H and O–H groups in total. The average molecular weight is 1120 g/mol. The summed E-state index contributed by atoms with van der Waals surface area (Å²) in [6, 6.07) is 95.3. The Morgan fingerprint density at radius 2 is 0.795 bits per heavy atom. The number of nitriles is 4. The van der Waals surface area contributed by atoms with E-state index in [2.05, 4.69) is 172 Å². The molecule has 88 heavy (non-hydrogen) atoms. The second kappa shape index (κ2) is 18.2. The quantitative estimate of drug-likeness (QED) is 0.161. The molecule has 1 aliphatic carbocycles. The molecule has 18 rings (SSSR count). The lowest BCUT2D eigenvalue weighted by Crippen LogP contribution is -2.33. The topological polar surface area (TPSA) is 133 Å². The third-order valence-corrected chi connectivity index (χ3v) is 18.5. The Morgan fingerprint density at radius 1 is 0.330 bits per heavy atom. The van der Waals surface area contributed by atoms with Crippen LogP contribution in [-0.4, -0.2) is 4.57 Å². The lowest BCUT2D eigenvalue weighted by Gasteiger charge is -2.40. The number of aromatic nitrogens is 1. The van der Waals surface area contributed by atoms with Crippen molar-refractivity contribution in [2.45, 2.75) is 5.41 Å². The molecule has 1 spiro atoms. The van der Waals surface area contributed by atoms with Gasteiger partial charge in [-0.05, 0) is 164 Å². The Bertz CT molecular complexity index is 5870. The first-order valence-electron chi connectivity index (χ1n) is 29.0. The van der Waals surface area contributed by atoms with Gasteiger partial charge in [0.2, 0.25) is 0 Å². The maximum Gasteiger partial charge on any atom is 0.159 e. The molecule has 0 saturated carbocycles. The van der Waals surface area contributed by atoms with Crippen molar-refractivity contribution in [1.29, 1.82) is 21.0 Å². The third kappa shape index (κ3) is 6.48. The zero-order chi connectivity index (χ0) is 58.5. The second-order valence-corrected chi connectivity index (χ2v) is 22.7. The van der Waals surface area contributed by atoms with Crippen LogP contribution >= 0.6 is 0 Å². The highest BCUT2D eigenvalue weighted by atomic mass is 16.3. The average Bonchev–Trinajstić information content (AvgIpc) is 1.46. The molecule has 0 saturated heterocycles. The molecule has 16 aromatic rings. The summed E-state index contributed by atoms with van der Waals surface area (Å²) in [6.07, 6.45) is 0. The molecule has 0 radical (unpaired) electrons. The molecule has 13 aromatic carbocycles. The van der Waals surface area contributed by atoms with Crippen LogP contribution in [0.15, 0.2) is 258 Å². The second-order valence-electron chi connectivity index (χ2n) is 22.7. The van der Waals surface area contributed by atoms with E-state index in [4.69, 9.17) is 8.83 Å². The van der Waals surface area contributed by atoms with E-state index in [1.807, 2.05) is 103 Å². The molecule has 9 nitrogen and oxygen atoms in total. The van der Waals surface area contributed by atoms with Crippen LogP contribution in [0.5, 0.6) is 0 Å². The van der Waals surface area contributed by atoms with E-state index in [1.165, 1.54) is 33.0 Å². The van der Waals surface area contributed by atoms with Crippen LogP contribution in [0.25, 0.3) is 104 Å². The third-order valence-electron chi connectivity index (χ3n) is 18.5. The van der Waals surface area contributed by atoms with Crippen LogP contribution in [0.3, 0.4) is 0 Å². The monoisotopic (exact) mass is 1120 g/mol. The fourth-order valence-electron chi connectivity index (χ4n) is 14.9. The van der Waals surface area contributed by atoms with E-state index in [9.17, 15) is 21.0 Å². The van der Waals surface area contributed by atoms with Gasteiger partial charge in [-0.1, -0.05) is 140 Å². The molecular weight excluding hydrogens is 1080 g/mol. The highest BCUT2D eigenvalue weighted by Gasteiger charge is 2.52. The van der Waals surface area contributed by atoms with Gasteiger partial charge in [-0.25, -0.2) is 0 Å². The first kappa shape index (κ1) is 48.8. The molecule has 0 bridgehead atoms. The number of hydrogen-bond donors (Lipinski definition) is 0. The van der Waals surface area contributed by atoms with Crippen LogP contribution in [0.4, 0.5) is 34.1 Å². The Hall–Kier alpha value is -12.7. The number of anilines is 6. The Morgan fingerprint density at radius 3 is 1.34 bits per heavy atom. The number of hydrogen-bond acceptors (Lipinski definition) is 8. The zero-order valence-corrected chi connectivity index (χ0v) is 46.6. The van der Waals surface area contributed by atoms with Crippen molar-refractivity contribution in [2.24, 2.45) is 0 Å². The minimum absolute atomic E-state index is 0.441. The molecular formula is C79H41N7O2. The van der Waals surface area contributed by atoms with Crippen molar-refractivity contribution >= 4 is 121 Å². The van der Waals surface area contributed by atoms with E-state index < -0.39 is 5.41 Å². The van der Waals surface area contributed by atoms with E-state index >= 15 is 0 Å². The van der Waals surface area contributed by atoms with Crippen molar-refractivity contribution in [3.63, 3.8) is 0 Å². The minimum Gasteiger partial charge on any atom is -0.452 e. The number of rotatable bonds is 6. The first-order chi connectivity index (χ1) is 43.5. The number of nitrogens with zero attached hydrogens (tertiary/aromatic N) is 7. The van der Waals surface area contributed by atoms with Crippen molar-refractivity contribution in [3.05, 3.63) is 293 Å². The van der Waals surface area contributed by atoms with Crippen molar-refractivity contribution in [1.82, 2.24) is 4.57 Å². The largest absolute Gasteiger partial charge is 0.452 e. The Balaban J connectivity index is 1.01. The van der Waals surface area contributed by atoms with Crippen LogP contribution in [-0.2, 0) is 5.41 Å². The maximum atomic E-state index is 10.4. The molecule has 4 heterocycles. The summed E-state index contributed by atoms with van der Waals surface area (Å²) < 4.78 is 16.2. The summed E-state index contributed by atoms with van der Waals surface area (Å²) in [5.41, 5.74) is 18.1. The van der Waals surface area contributed by atoms with Gasteiger partial charge in [0, 0.05) is 55.1 Å². The first-order valence-corrected chi connectivity index (χ1v) is 29.0. The van der Waals surface area contributed by atoms with Crippen LogP contribution < -0.4 is 9.80 Å². The molecule has 0 unspecified atom stereocenters. The summed E-state index contributed by atoms with van der Waals surface area (Å²) in [6.45, 7) is 0. The predicted molar refractivity (Wildman–Crippen MR) is 349 cm³/mol. The SMILES string of the molecule is N#Cc1ccc(N(c2ccc3c(c2)c2cc(N(c4ccc(C#N)cc4)c4cccc5c4oc4c(C#N)cccc45)cc4c2n3-c2ccccc2C42c3ccc4ccccc4c3-c3c2ccc2ccccc32)c2cccc3c2oc2c(C#N)cccc23)cc1. The van der Waals surface area contributed by atoms with E-state index in [0.29, 0.717) is 44.6 Å². The Labute approximate surface area is 502 Å². The Kier molecular flexibility index (Phi) is 10.1. The van der Waals surface area contributed by atoms with Gasteiger partial charge in [0.1, 0.15) is 12.1 Å². The summed E-state index contributed by atoms with van der Waals surface area (Å²) in [7, 11) is 0.